The number of benzene rings is 2. The number of likely N-dealkylation sites (N-methyl/N-ethyl adjacent to an activating group) is 2. The van der Waals surface area contributed by atoms with Crippen LogP contribution in [0.5, 0.6) is 5.75 Å². The highest BCUT2D eigenvalue weighted by Crippen LogP contribution is 2.31. The van der Waals surface area contributed by atoms with Crippen LogP contribution in [-0.2, 0) is 6.18 Å². The average molecular weight is 521 g/mol. The fourth-order valence-corrected chi connectivity index (χ4v) is 5.73. The van der Waals surface area contributed by atoms with Gasteiger partial charge in [-0.3, -0.25) is 4.48 Å². The third kappa shape index (κ3) is 6.90. The van der Waals surface area contributed by atoms with Crippen molar-refractivity contribution in [1.29, 1.82) is 0 Å². The Morgan fingerprint density at radius 2 is 1.27 bits per heavy atom. The SMILES string of the molecule is CC[N+]1(CC)CCCN(c2ccc(OC[N+]3(C)CCCN(c4ccc(C(F)(F)F)cc4)CC3)cc2)CC1. The van der Waals surface area contributed by atoms with E-state index in [4.69, 9.17) is 4.74 Å². The molecule has 0 aromatic heterocycles. The minimum Gasteiger partial charge on any atom is -0.445 e. The van der Waals surface area contributed by atoms with Gasteiger partial charge in [0.2, 0.25) is 6.73 Å². The highest BCUT2D eigenvalue weighted by Gasteiger charge is 2.31. The number of nitrogens with zero attached hydrogens (tertiary/aromatic N) is 4. The molecule has 0 saturated carbocycles. The van der Waals surface area contributed by atoms with Gasteiger partial charge in [0.15, 0.2) is 0 Å². The lowest BCUT2D eigenvalue weighted by molar-refractivity contribution is -0.922. The van der Waals surface area contributed by atoms with Crippen molar-refractivity contribution in [2.75, 3.05) is 89.0 Å². The van der Waals surface area contributed by atoms with E-state index in [-0.39, 0.29) is 0 Å². The first-order chi connectivity index (χ1) is 17.7. The molecule has 0 aliphatic carbocycles. The largest absolute Gasteiger partial charge is 0.445 e. The molecule has 2 saturated heterocycles. The molecule has 0 amide bonds. The van der Waals surface area contributed by atoms with Crippen LogP contribution in [0.15, 0.2) is 48.5 Å². The minimum atomic E-state index is -4.30. The third-order valence-electron chi connectivity index (χ3n) is 8.59. The number of halogens is 3. The topological polar surface area (TPSA) is 15.7 Å². The van der Waals surface area contributed by atoms with Crippen molar-refractivity contribution < 1.29 is 26.9 Å². The Bertz CT molecular complexity index is 992. The zero-order valence-corrected chi connectivity index (χ0v) is 22.6. The molecule has 2 fully saturated rings. The summed E-state index contributed by atoms with van der Waals surface area (Å²) in [5, 5.41) is 0. The van der Waals surface area contributed by atoms with E-state index < -0.39 is 11.7 Å². The van der Waals surface area contributed by atoms with Gasteiger partial charge in [0.1, 0.15) is 5.75 Å². The smallest absolute Gasteiger partial charge is 0.416 e. The van der Waals surface area contributed by atoms with Gasteiger partial charge in [-0.2, -0.15) is 13.2 Å². The first-order valence-corrected chi connectivity index (χ1v) is 13.7. The van der Waals surface area contributed by atoms with Gasteiger partial charge in [0, 0.05) is 37.3 Å². The van der Waals surface area contributed by atoms with Gasteiger partial charge in [0.25, 0.3) is 0 Å². The fraction of sp³-hybridized carbons (Fsp3) is 0.586. The molecule has 1 atom stereocenters. The highest BCUT2D eigenvalue weighted by molar-refractivity contribution is 5.49. The number of alkyl halides is 3. The Kier molecular flexibility index (Phi) is 8.59. The zero-order valence-electron chi connectivity index (χ0n) is 22.6. The standard InChI is InChI=1S/C29H43F3N4O/c1-4-36(5-2)21-7-17-34(19-23-36)27-12-14-28(15-13-27)37-24-35(3)20-6-16-33(18-22-35)26-10-8-25(9-11-26)29(30,31)32/h8-15H,4-7,16-24H2,1-3H3/q+2. The molecule has 204 valence electrons. The zero-order chi connectivity index (χ0) is 26.5. The Morgan fingerprint density at radius 3 is 1.84 bits per heavy atom. The summed E-state index contributed by atoms with van der Waals surface area (Å²) in [6.07, 6.45) is -2.12. The summed E-state index contributed by atoms with van der Waals surface area (Å²) >= 11 is 0. The molecule has 37 heavy (non-hydrogen) atoms. The normalized spacial score (nSPS) is 22.9. The van der Waals surface area contributed by atoms with E-state index in [1.54, 1.807) is 12.1 Å². The summed E-state index contributed by atoms with van der Waals surface area (Å²) in [4.78, 5) is 4.69. The van der Waals surface area contributed by atoms with Gasteiger partial charge in [-0.25, -0.2) is 0 Å². The number of hydrogen-bond donors (Lipinski definition) is 0. The van der Waals surface area contributed by atoms with Crippen molar-refractivity contribution in [1.82, 2.24) is 0 Å². The molecule has 2 aliphatic heterocycles. The Balaban J connectivity index is 1.30. The van der Waals surface area contributed by atoms with Gasteiger partial charge in [0.05, 0.1) is 65.0 Å². The van der Waals surface area contributed by atoms with Crippen molar-refractivity contribution in [2.45, 2.75) is 32.9 Å². The molecule has 0 bridgehead atoms. The molecular formula is C29H43F3N4O+2. The average Bonchev–Trinajstić information content (AvgIpc) is 3.24. The maximum Gasteiger partial charge on any atom is 0.416 e. The lowest BCUT2D eigenvalue weighted by Crippen LogP contribution is -2.50. The van der Waals surface area contributed by atoms with E-state index >= 15 is 0 Å². The van der Waals surface area contributed by atoms with Crippen LogP contribution in [0.3, 0.4) is 0 Å². The van der Waals surface area contributed by atoms with Crippen LogP contribution < -0.4 is 14.5 Å². The van der Waals surface area contributed by atoms with Crippen molar-refractivity contribution in [3.05, 3.63) is 54.1 Å². The van der Waals surface area contributed by atoms with E-state index in [2.05, 4.69) is 55.0 Å². The van der Waals surface area contributed by atoms with Gasteiger partial charge < -0.3 is 19.0 Å². The van der Waals surface area contributed by atoms with Crippen LogP contribution >= 0.6 is 0 Å². The van der Waals surface area contributed by atoms with Crippen molar-refractivity contribution in [3.8, 4) is 5.75 Å². The molecule has 2 aromatic rings. The van der Waals surface area contributed by atoms with E-state index in [0.29, 0.717) is 6.73 Å². The van der Waals surface area contributed by atoms with Crippen molar-refractivity contribution in [2.24, 2.45) is 0 Å². The minimum absolute atomic E-state index is 0.580. The number of quaternary nitrogens is 2. The molecule has 5 nitrogen and oxygen atoms in total. The second-order valence-electron chi connectivity index (χ2n) is 11.0. The van der Waals surface area contributed by atoms with Crippen LogP contribution in [0.1, 0.15) is 32.3 Å². The second-order valence-corrected chi connectivity index (χ2v) is 11.0. The highest BCUT2D eigenvalue weighted by atomic mass is 19.4. The lowest BCUT2D eigenvalue weighted by Gasteiger charge is -2.35. The molecule has 0 spiro atoms. The molecule has 2 heterocycles. The van der Waals surface area contributed by atoms with Crippen LogP contribution in [0.2, 0.25) is 0 Å². The van der Waals surface area contributed by atoms with E-state index in [0.717, 1.165) is 61.6 Å². The lowest BCUT2D eigenvalue weighted by atomic mass is 10.2. The summed E-state index contributed by atoms with van der Waals surface area (Å²) < 4.78 is 47.0. The maximum atomic E-state index is 12.9. The third-order valence-corrected chi connectivity index (χ3v) is 8.59. The summed E-state index contributed by atoms with van der Waals surface area (Å²) in [6.45, 7) is 15.7. The van der Waals surface area contributed by atoms with Crippen LogP contribution in [0.4, 0.5) is 24.5 Å². The summed E-state index contributed by atoms with van der Waals surface area (Å²) in [5.74, 6) is 0.883. The Hall–Kier alpha value is -2.45. The van der Waals surface area contributed by atoms with Crippen LogP contribution in [0, 0.1) is 0 Å². The molecule has 0 radical (unpaired) electrons. The van der Waals surface area contributed by atoms with Crippen LogP contribution in [-0.4, -0.2) is 88.2 Å². The quantitative estimate of drug-likeness (QED) is 0.451. The monoisotopic (exact) mass is 520 g/mol. The molecule has 2 aliphatic rings. The van der Waals surface area contributed by atoms with E-state index in [1.165, 1.54) is 54.9 Å². The number of ether oxygens (including phenoxy) is 1. The first-order valence-electron chi connectivity index (χ1n) is 13.7. The second kappa shape index (κ2) is 11.5. The maximum absolute atomic E-state index is 12.9. The number of hydrogen-bond acceptors (Lipinski definition) is 3. The van der Waals surface area contributed by atoms with Gasteiger partial charge >= 0.3 is 6.18 Å². The predicted molar refractivity (Wildman–Crippen MR) is 144 cm³/mol. The Morgan fingerprint density at radius 1 is 0.730 bits per heavy atom. The summed E-state index contributed by atoms with van der Waals surface area (Å²) in [6, 6.07) is 14.1. The molecule has 0 N–H and O–H groups in total. The predicted octanol–water partition coefficient (Wildman–Crippen LogP) is 5.47. The van der Waals surface area contributed by atoms with Gasteiger partial charge in [-0.15, -0.1) is 0 Å². The molecule has 1 unspecified atom stereocenters. The molecular weight excluding hydrogens is 477 g/mol. The first kappa shape index (κ1) is 27.6. The van der Waals surface area contributed by atoms with Crippen molar-refractivity contribution >= 4 is 11.4 Å². The summed E-state index contributed by atoms with van der Waals surface area (Å²) in [7, 11) is 2.20. The van der Waals surface area contributed by atoms with E-state index in [1.807, 2.05) is 0 Å². The van der Waals surface area contributed by atoms with Crippen LogP contribution in [0.25, 0.3) is 0 Å². The molecule has 4 rings (SSSR count). The molecule has 8 heteroatoms. The van der Waals surface area contributed by atoms with Gasteiger partial charge in [-0.1, -0.05) is 0 Å². The molecule has 2 aromatic carbocycles. The summed E-state index contributed by atoms with van der Waals surface area (Å²) in [5.41, 5.74) is 1.51. The van der Waals surface area contributed by atoms with E-state index in [9.17, 15) is 13.2 Å². The Labute approximate surface area is 220 Å². The number of anilines is 2. The fourth-order valence-electron chi connectivity index (χ4n) is 5.73. The van der Waals surface area contributed by atoms with Crippen molar-refractivity contribution in [3.63, 3.8) is 0 Å². The van der Waals surface area contributed by atoms with Gasteiger partial charge in [-0.05, 0) is 62.4 Å². The number of rotatable bonds is 7.